The number of hydrogen-bond acceptors (Lipinski definition) is 3. The van der Waals surface area contributed by atoms with E-state index >= 15 is 0 Å². The second-order valence-electron chi connectivity index (χ2n) is 4.87. The Hall–Kier alpha value is -1.95. The third-order valence-electron chi connectivity index (χ3n) is 3.62. The summed E-state index contributed by atoms with van der Waals surface area (Å²) < 4.78 is 18.6. The van der Waals surface area contributed by atoms with Crippen LogP contribution in [0.1, 0.15) is 28.8 Å². The summed E-state index contributed by atoms with van der Waals surface area (Å²) in [5.41, 5.74) is -0.983. The number of carbonyl (C=O) groups excluding carboxylic acids is 1. The lowest BCUT2D eigenvalue weighted by Crippen LogP contribution is -2.57. The van der Waals surface area contributed by atoms with Gasteiger partial charge in [0, 0.05) is 31.6 Å². The fourth-order valence-corrected chi connectivity index (χ4v) is 2.25. The van der Waals surface area contributed by atoms with Gasteiger partial charge < -0.3 is 15.2 Å². The predicted octanol–water partition coefficient (Wildman–Crippen LogP) is 1.50. The quantitative estimate of drug-likeness (QED) is 0.880. The van der Waals surface area contributed by atoms with Crippen molar-refractivity contribution in [2.45, 2.75) is 25.3 Å². The normalized spacial score (nSPS) is 17.5. The summed E-state index contributed by atoms with van der Waals surface area (Å²) in [6.07, 6.45) is 0.394. The largest absolute Gasteiger partial charge is 0.480 e. The number of carboxylic acids is 1. The van der Waals surface area contributed by atoms with Gasteiger partial charge >= 0.3 is 5.97 Å². The molecule has 1 amide bonds. The smallest absolute Gasteiger partial charge is 0.329 e. The van der Waals surface area contributed by atoms with E-state index in [1.54, 1.807) is 0 Å². The number of aliphatic carboxylic acids is 1. The van der Waals surface area contributed by atoms with Gasteiger partial charge in [0.1, 0.15) is 11.4 Å². The standard InChI is InChI=1S/C14H16FNO4/c1-9-10(3-2-4-11(9)15)12(17)16-14(13(18)19)5-7-20-8-6-14/h2-4H,5-8H2,1H3,(H,16,17)(H,18,19). The molecule has 1 saturated heterocycles. The second-order valence-corrected chi connectivity index (χ2v) is 4.87. The highest BCUT2D eigenvalue weighted by molar-refractivity contribution is 5.99. The van der Waals surface area contributed by atoms with Gasteiger partial charge in [0.15, 0.2) is 0 Å². The summed E-state index contributed by atoms with van der Waals surface area (Å²) >= 11 is 0. The van der Waals surface area contributed by atoms with Crippen LogP contribution in [0.25, 0.3) is 0 Å². The van der Waals surface area contributed by atoms with E-state index in [9.17, 15) is 19.1 Å². The lowest BCUT2D eigenvalue weighted by atomic mass is 9.89. The minimum Gasteiger partial charge on any atom is -0.480 e. The Labute approximate surface area is 115 Å². The third kappa shape index (κ3) is 2.65. The van der Waals surface area contributed by atoms with Crippen LogP contribution in [0.4, 0.5) is 4.39 Å². The Bertz CT molecular complexity index is 538. The summed E-state index contributed by atoms with van der Waals surface area (Å²) in [5.74, 6) is -2.16. The van der Waals surface area contributed by atoms with E-state index in [4.69, 9.17) is 4.74 Å². The Morgan fingerprint density at radius 3 is 2.60 bits per heavy atom. The molecule has 5 nitrogen and oxygen atoms in total. The van der Waals surface area contributed by atoms with Gasteiger partial charge in [0.2, 0.25) is 0 Å². The van der Waals surface area contributed by atoms with Crippen molar-refractivity contribution in [2.24, 2.45) is 0 Å². The summed E-state index contributed by atoms with van der Waals surface area (Å²) in [5, 5.41) is 11.9. The first kappa shape index (κ1) is 14.5. The first-order valence-corrected chi connectivity index (χ1v) is 6.35. The van der Waals surface area contributed by atoms with Crippen molar-refractivity contribution in [3.63, 3.8) is 0 Å². The van der Waals surface area contributed by atoms with E-state index in [-0.39, 0.29) is 37.2 Å². The molecular formula is C14H16FNO4. The fourth-order valence-electron chi connectivity index (χ4n) is 2.25. The third-order valence-corrected chi connectivity index (χ3v) is 3.62. The first-order chi connectivity index (χ1) is 9.46. The molecule has 0 bridgehead atoms. The molecule has 1 aromatic rings. The Balaban J connectivity index is 2.25. The Kier molecular flexibility index (Phi) is 4.04. The highest BCUT2D eigenvalue weighted by Crippen LogP contribution is 2.22. The molecule has 1 fully saturated rings. The summed E-state index contributed by atoms with van der Waals surface area (Å²) in [4.78, 5) is 23.7. The van der Waals surface area contributed by atoms with Crippen molar-refractivity contribution in [1.82, 2.24) is 5.32 Å². The number of carbonyl (C=O) groups is 2. The number of benzene rings is 1. The van der Waals surface area contributed by atoms with E-state index in [0.717, 1.165) is 0 Å². The van der Waals surface area contributed by atoms with Crippen LogP contribution in [0.5, 0.6) is 0 Å². The van der Waals surface area contributed by atoms with E-state index in [0.29, 0.717) is 0 Å². The van der Waals surface area contributed by atoms with Gasteiger partial charge in [-0.1, -0.05) is 6.07 Å². The van der Waals surface area contributed by atoms with Crippen LogP contribution >= 0.6 is 0 Å². The van der Waals surface area contributed by atoms with Crippen LogP contribution in [0.3, 0.4) is 0 Å². The Morgan fingerprint density at radius 2 is 2.00 bits per heavy atom. The fraction of sp³-hybridized carbons (Fsp3) is 0.429. The van der Waals surface area contributed by atoms with Gasteiger partial charge in [0.25, 0.3) is 5.91 Å². The first-order valence-electron chi connectivity index (χ1n) is 6.35. The van der Waals surface area contributed by atoms with Crippen LogP contribution in [0, 0.1) is 12.7 Å². The SMILES string of the molecule is Cc1c(F)cccc1C(=O)NC1(C(=O)O)CCOCC1. The van der Waals surface area contributed by atoms with Crippen LogP contribution in [-0.2, 0) is 9.53 Å². The molecule has 0 aromatic heterocycles. The van der Waals surface area contributed by atoms with Crippen molar-refractivity contribution in [3.05, 3.63) is 35.1 Å². The van der Waals surface area contributed by atoms with Crippen molar-refractivity contribution in [1.29, 1.82) is 0 Å². The highest BCUT2D eigenvalue weighted by atomic mass is 19.1. The zero-order valence-electron chi connectivity index (χ0n) is 11.1. The lowest BCUT2D eigenvalue weighted by molar-refractivity contribution is -0.148. The maximum absolute atomic E-state index is 13.5. The molecule has 0 saturated carbocycles. The van der Waals surface area contributed by atoms with Crippen molar-refractivity contribution in [3.8, 4) is 0 Å². The Morgan fingerprint density at radius 1 is 1.35 bits per heavy atom. The van der Waals surface area contributed by atoms with E-state index < -0.39 is 23.2 Å². The predicted molar refractivity (Wildman–Crippen MR) is 69.0 cm³/mol. The minimum atomic E-state index is -1.34. The number of nitrogens with one attached hydrogen (secondary N) is 1. The molecule has 20 heavy (non-hydrogen) atoms. The zero-order valence-corrected chi connectivity index (χ0v) is 11.1. The van der Waals surface area contributed by atoms with Crippen molar-refractivity contribution in [2.75, 3.05) is 13.2 Å². The number of halogens is 1. The maximum atomic E-state index is 13.5. The van der Waals surface area contributed by atoms with Crippen molar-refractivity contribution >= 4 is 11.9 Å². The monoisotopic (exact) mass is 281 g/mol. The van der Waals surface area contributed by atoms with Gasteiger partial charge in [-0.05, 0) is 24.6 Å². The van der Waals surface area contributed by atoms with E-state index in [1.807, 2.05) is 0 Å². The molecule has 1 aliphatic rings. The number of amides is 1. The number of ether oxygens (including phenoxy) is 1. The second kappa shape index (κ2) is 5.58. The van der Waals surface area contributed by atoms with E-state index in [1.165, 1.54) is 25.1 Å². The lowest BCUT2D eigenvalue weighted by Gasteiger charge is -2.34. The molecule has 108 valence electrons. The van der Waals surface area contributed by atoms with Gasteiger partial charge in [-0.3, -0.25) is 4.79 Å². The topological polar surface area (TPSA) is 75.6 Å². The summed E-state index contributed by atoms with van der Waals surface area (Å²) in [6.45, 7) is 2.03. The van der Waals surface area contributed by atoms with Gasteiger partial charge in [-0.25, -0.2) is 9.18 Å². The van der Waals surface area contributed by atoms with Gasteiger partial charge in [0.05, 0.1) is 0 Å². The molecule has 0 unspecified atom stereocenters. The highest BCUT2D eigenvalue weighted by Gasteiger charge is 2.41. The number of hydrogen-bond donors (Lipinski definition) is 2. The van der Waals surface area contributed by atoms with E-state index in [2.05, 4.69) is 5.32 Å². The van der Waals surface area contributed by atoms with Crippen LogP contribution < -0.4 is 5.32 Å². The number of carboxylic acid groups (broad SMARTS) is 1. The summed E-state index contributed by atoms with van der Waals surface area (Å²) in [6, 6.07) is 4.16. The molecular weight excluding hydrogens is 265 g/mol. The van der Waals surface area contributed by atoms with Gasteiger partial charge in [-0.15, -0.1) is 0 Å². The van der Waals surface area contributed by atoms with Crippen LogP contribution in [0.15, 0.2) is 18.2 Å². The maximum Gasteiger partial charge on any atom is 0.329 e. The zero-order chi connectivity index (χ0) is 14.8. The average molecular weight is 281 g/mol. The van der Waals surface area contributed by atoms with Gasteiger partial charge in [-0.2, -0.15) is 0 Å². The van der Waals surface area contributed by atoms with Crippen molar-refractivity contribution < 1.29 is 23.8 Å². The summed E-state index contributed by atoms with van der Waals surface area (Å²) in [7, 11) is 0. The molecule has 1 aliphatic heterocycles. The number of rotatable bonds is 3. The molecule has 0 spiro atoms. The molecule has 2 N–H and O–H groups in total. The average Bonchev–Trinajstić information content (AvgIpc) is 2.42. The molecule has 1 heterocycles. The molecule has 2 rings (SSSR count). The molecule has 0 radical (unpaired) electrons. The molecule has 0 atom stereocenters. The minimum absolute atomic E-state index is 0.150. The molecule has 6 heteroatoms. The molecule has 0 aliphatic carbocycles. The van der Waals surface area contributed by atoms with Crippen LogP contribution in [-0.4, -0.2) is 35.7 Å². The molecule has 1 aromatic carbocycles. The van der Waals surface area contributed by atoms with Crippen LogP contribution in [0.2, 0.25) is 0 Å².